The molecule has 0 aliphatic rings. The van der Waals surface area contributed by atoms with E-state index in [9.17, 15) is 4.79 Å². The molecule has 0 saturated heterocycles. The van der Waals surface area contributed by atoms with Gasteiger partial charge in [-0.05, 0) is 0 Å². The summed E-state index contributed by atoms with van der Waals surface area (Å²) in [5.74, 6) is -0.752. The molecule has 0 saturated carbocycles. The number of nitriles is 1. The third kappa shape index (κ3) is 4.59. The van der Waals surface area contributed by atoms with E-state index in [4.69, 9.17) is 10.5 Å². The lowest BCUT2D eigenvalue weighted by Crippen LogP contribution is -2.06. The van der Waals surface area contributed by atoms with Crippen molar-refractivity contribution in [2.24, 2.45) is 5.16 Å². The minimum absolute atomic E-state index is 0.0291. The molecule has 0 aromatic carbocycles. The fraction of sp³-hybridized carbons (Fsp3) is 0.400. The molecule has 10 heavy (non-hydrogen) atoms. The largest absolute Gasteiger partial charge is 0.460 e. The summed E-state index contributed by atoms with van der Waals surface area (Å²) in [6.07, 6.45) is 0.766. The van der Waals surface area contributed by atoms with Crippen LogP contribution in [-0.2, 0) is 9.53 Å². The summed E-state index contributed by atoms with van der Waals surface area (Å²) >= 11 is 0. The standard InChI is InChI=1S/C5H6N2O3/c6-2-1-3-10-5(8)4-7-9/h4,9H,1,3H2. The number of ether oxygens (including phenoxy) is 1. The van der Waals surface area contributed by atoms with Gasteiger partial charge in [-0.15, -0.1) is 0 Å². The summed E-state index contributed by atoms with van der Waals surface area (Å²) in [7, 11) is 0. The second-order valence-electron chi connectivity index (χ2n) is 1.32. The number of carbonyl (C=O) groups is 1. The van der Waals surface area contributed by atoms with Crippen LogP contribution in [0.5, 0.6) is 0 Å². The Bertz CT molecular complexity index is 170. The first kappa shape index (κ1) is 8.43. The van der Waals surface area contributed by atoms with Crippen LogP contribution in [0.3, 0.4) is 0 Å². The quantitative estimate of drug-likeness (QED) is 0.196. The Morgan fingerprint density at radius 1 is 1.90 bits per heavy atom. The minimum Gasteiger partial charge on any atom is -0.460 e. The molecule has 1 N–H and O–H groups in total. The molecule has 0 bridgehead atoms. The Balaban J connectivity index is 3.33. The SMILES string of the molecule is N#CCCOC(=O)C=NO. The second kappa shape index (κ2) is 5.56. The summed E-state index contributed by atoms with van der Waals surface area (Å²) in [6, 6.07) is 1.78. The van der Waals surface area contributed by atoms with Crippen LogP contribution in [0, 0.1) is 11.3 Å². The smallest absolute Gasteiger partial charge is 0.352 e. The van der Waals surface area contributed by atoms with Gasteiger partial charge in [-0.1, -0.05) is 5.16 Å². The number of rotatable bonds is 3. The fourth-order valence-electron chi connectivity index (χ4n) is 0.282. The van der Waals surface area contributed by atoms with Gasteiger partial charge in [0.1, 0.15) is 6.61 Å². The topological polar surface area (TPSA) is 82.7 Å². The molecule has 0 rings (SSSR count). The molecule has 5 heteroatoms. The van der Waals surface area contributed by atoms with E-state index in [-0.39, 0.29) is 13.0 Å². The molecule has 0 heterocycles. The Morgan fingerprint density at radius 3 is 3.10 bits per heavy atom. The van der Waals surface area contributed by atoms with Crippen LogP contribution < -0.4 is 0 Å². The zero-order valence-corrected chi connectivity index (χ0v) is 5.15. The fourth-order valence-corrected chi connectivity index (χ4v) is 0.282. The third-order valence-corrected chi connectivity index (χ3v) is 0.621. The maximum atomic E-state index is 10.3. The molecule has 0 radical (unpaired) electrons. The number of esters is 1. The lowest BCUT2D eigenvalue weighted by atomic mass is 10.5. The highest BCUT2D eigenvalue weighted by molar-refractivity contribution is 6.22. The summed E-state index contributed by atoms with van der Waals surface area (Å²) in [6.45, 7) is 0.0291. The molecule has 0 fully saturated rings. The predicted molar refractivity (Wildman–Crippen MR) is 31.5 cm³/mol. The van der Waals surface area contributed by atoms with Crippen LogP contribution in [-0.4, -0.2) is 24.0 Å². The number of nitrogens with zero attached hydrogens (tertiary/aromatic N) is 2. The summed E-state index contributed by atoms with van der Waals surface area (Å²) in [5, 5.41) is 18.2. The van der Waals surface area contributed by atoms with Crippen LogP contribution in [0.1, 0.15) is 6.42 Å². The first-order valence-electron chi connectivity index (χ1n) is 2.52. The summed E-state index contributed by atoms with van der Waals surface area (Å²) in [4.78, 5) is 10.3. The maximum absolute atomic E-state index is 10.3. The normalized spacial score (nSPS) is 9.10. The second-order valence-corrected chi connectivity index (χ2v) is 1.32. The molecule has 0 aromatic rings. The van der Waals surface area contributed by atoms with Gasteiger partial charge < -0.3 is 9.94 Å². The molecule has 0 amide bonds. The first-order chi connectivity index (χ1) is 4.81. The van der Waals surface area contributed by atoms with Gasteiger partial charge in [0.25, 0.3) is 0 Å². The van der Waals surface area contributed by atoms with E-state index in [2.05, 4.69) is 9.89 Å². The Morgan fingerprint density at radius 2 is 2.60 bits per heavy atom. The zero-order valence-electron chi connectivity index (χ0n) is 5.15. The monoisotopic (exact) mass is 142 g/mol. The predicted octanol–water partition coefficient (Wildman–Crippen LogP) is -0.0967. The highest BCUT2D eigenvalue weighted by Gasteiger charge is 1.95. The maximum Gasteiger partial charge on any atom is 0.352 e. The van der Waals surface area contributed by atoms with Crippen molar-refractivity contribution in [3.05, 3.63) is 0 Å². The first-order valence-corrected chi connectivity index (χ1v) is 2.52. The van der Waals surface area contributed by atoms with Crippen molar-refractivity contribution in [1.29, 1.82) is 5.26 Å². The molecule has 5 nitrogen and oxygen atoms in total. The van der Waals surface area contributed by atoms with E-state index < -0.39 is 5.97 Å². The van der Waals surface area contributed by atoms with E-state index in [1.165, 1.54) is 0 Å². The van der Waals surface area contributed by atoms with Crippen LogP contribution in [0.2, 0.25) is 0 Å². The minimum atomic E-state index is -0.752. The number of hydrogen-bond donors (Lipinski definition) is 1. The van der Waals surface area contributed by atoms with Crippen LogP contribution in [0.25, 0.3) is 0 Å². The van der Waals surface area contributed by atoms with Crippen molar-refractivity contribution >= 4 is 12.2 Å². The lowest BCUT2D eigenvalue weighted by molar-refractivity contribution is -0.134. The van der Waals surface area contributed by atoms with Crippen molar-refractivity contribution in [2.45, 2.75) is 6.42 Å². The molecule has 0 atom stereocenters. The highest BCUT2D eigenvalue weighted by Crippen LogP contribution is 1.79. The Hall–Kier alpha value is -1.57. The van der Waals surface area contributed by atoms with Crippen molar-refractivity contribution in [1.82, 2.24) is 0 Å². The number of oxime groups is 1. The molecule has 0 spiro atoms. The van der Waals surface area contributed by atoms with E-state index in [1.54, 1.807) is 6.07 Å². The molecule has 0 aliphatic heterocycles. The average molecular weight is 142 g/mol. The van der Waals surface area contributed by atoms with Crippen molar-refractivity contribution in [3.8, 4) is 6.07 Å². The van der Waals surface area contributed by atoms with Crippen LogP contribution in [0.4, 0.5) is 0 Å². The van der Waals surface area contributed by atoms with Crippen LogP contribution >= 0.6 is 0 Å². The Kier molecular flexibility index (Phi) is 4.69. The van der Waals surface area contributed by atoms with Gasteiger partial charge in [0.15, 0.2) is 6.21 Å². The molecular weight excluding hydrogens is 136 g/mol. The third-order valence-electron chi connectivity index (χ3n) is 0.621. The average Bonchev–Trinajstić information content (AvgIpc) is 1.89. The van der Waals surface area contributed by atoms with Gasteiger partial charge in [-0.25, -0.2) is 4.79 Å². The van der Waals surface area contributed by atoms with E-state index >= 15 is 0 Å². The van der Waals surface area contributed by atoms with Gasteiger partial charge in [0.2, 0.25) is 0 Å². The lowest BCUT2D eigenvalue weighted by Gasteiger charge is -1.93. The molecule has 0 aromatic heterocycles. The zero-order chi connectivity index (χ0) is 7.82. The number of hydrogen-bond acceptors (Lipinski definition) is 5. The van der Waals surface area contributed by atoms with E-state index in [0.29, 0.717) is 6.21 Å². The summed E-state index contributed by atoms with van der Waals surface area (Å²) in [5.41, 5.74) is 0. The van der Waals surface area contributed by atoms with Crippen LogP contribution in [0.15, 0.2) is 5.16 Å². The van der Waals surface area contributed by atoms with Gasteiger partial charge in [-0.3, -0.25) is 0 Å². The molecule has 0 aliphatic carbocycles. The molecular formula is C5H6N2O3. The van der Waals surface area contributed by atoms with E-state index in [0.717, 1.165) is 0 Å². The Labute approximate surface area is 57.5 Å². The van der Waals surface area contributed by atoms with Crippen molar-refractivity contribution in [2.75, 3.05) is 6.61 Å². The van der Waals surface area contributed by atoms with Gasteiger partial charge in [0.05, 0.1) is 12.5 Å². The van der Waals surface area contributed by atoms with Gasteiger partial charge in [0, 0.05) is 0 Å². The summed E-state index contributed by atoms with van der Waals surface area (Å²) < 4.78 is 4.35. The van der Waals surface area contributed by atoms with Crippen molar-refractivity contribution < 1.29 is 14.7 Å². The highest BCUT2D eigenvalue weighted by atomic mass is 16.5. The van der Waals surface area contributed by atoms with Gasteiger partial charge >= 0.3 is 5.97 Å². The molecule has 54 valence electrons. The molecule has 0 unspecified atom stereocenters. The number of carbonyl (C=O) groups excluding carboxylic acids is 1. The van der Waals surface area contributed by atoms with E-state index in [1.807, 2.05) is 0 Å². The van der Waals surface area contributed by atoms with Crippen molar-refractivity contribution in [3.63, 3.8) is 0 Å². The van der Waals surface area contributed by atoms with Gasteiger partial charge in [-0.2, -0.15) is 5.26 Å².